The number of primary amides is 1. The third kappa shape index (κ3) is 4.38. The van der Waals surface area contributed by atoms with E-state index in [2.05, 4.69) is 29.7 Å². The molecule has 4 heteroatoms. The van der Waals surface area contributed by atoms with E-state index in [-0.39, 0.29) is 0 Å². The molecule has 2 atom stereocenters. The molecule has 1 aliphatic rings. The Morgan fingerprint density at radius 3 is 2.70 bits per heavy atom. The van der Waals surface area contributed by atoms with Gasteiger partial charge in [0, 0.05) is 11.7 Å². The van der Waals surface area contributed by atoms with E-state index in [1.807, 2.05) is 24.3 Å². The summed E-state index contributed by atoms with van der Waals surface area (Å²) >= 11 is 0. The molecule has 0 spiro atoms. The summed E-state index contributed by atoms with van der Waals surface area (Å²) < 4.78 is 0. The van der Waals surface area contributed by atoms with Crippen LogP contribution in [0.3, 0.4) is 0 Å². The van der Waals surface area contributed by atoms with Crippen molar-refractivity contribution >= 4 is 11.7 Å². The van der Waals surface area contributed by atoms with Crippen LogP contribution in [0.15, 0.2) is 36.4 Å². The van der Waals surface area contributed by atoms with E-state index in [1.54, 1.807) is 0 Å². The van der Waals surface area contributed by atoms with Crippen molar-refractivity contribution in [2.75, 3.05) is 11.9 Å². The Kier molecular flexibility index (Phi) is 5.18. The van der Waals surface area contributed by atoms with Gasteiger partial charge in [-0.3, -0.25) is 0 Å². The molecule has 0 aromatic heterocycles. The predicted molar refractivity (Wildman–Crippen MR) is 82.5 cm³/mol. The summed E-state index contributed by atoms with van der Waals surface area (Å²) in [5.74, 6) is 0.748. The van der Waals surface area contributed by atoms with Crippen molar-refractivity contribution in [3.63, 3.8) is 0 Å². The van der Waals surface area contributed by atoms with Gasteiger partial charge in [-0.2, -0.15) is 0 Å². The van der Waals surface area contributed by atoms with Gasteiger partial charge in [0.1, 0.15) is 0 Å². The third-order valence-corrected chi connectivity index (χ3v) is 3.77. The van der Waals surface area contributed by atoms with Crippen LogP contribution in [0.4, 0.5) is 10.5 Å². The molecule has 2 rings (SSSR count). The second-order valence-corrected chi connectivity index (χ2v) is 5.39. The largest absolute Gasteiger partial charge is 0.351 e. The van der Waals surface area contributed by atoms with Crippen molar-refractivity contribution < 1.29 is 4.79 Å². The van der Waals surface area contributed by atoms with E-state index in [4.69, 9.17) is 5.73 Å². The monoisotopic (exact) mass is 273 g/mol. The van der Waals surface area contributed by atoms with Gasteiger partial charge >= 0.3 is 6.03 Å². The first-order valence-corrected chi connectivity index (χ1v) is 7.20. The van der Waals surface area contributed by atoms with Crippen LogP contribution in [0, 0.1) is 5.92 Å². The van der Waals surface area contributed by atoms with Crippen molar-refractivity contribution in [1.29, 1.82) is 0 Å². The van der Waals surface area contributed by atoms with Crippen LogP contribution < -0.4 is 16.4 Å². The molecule has 0 aliphatic heterocycles. The quantitative estimate of drug-likeness (QED) is 0.721. The summed E-state index contributed by atoms with van der Waals surface area (Å²) in [6, 6.07) is 7.56. The minimum atomic E-state index is -0.533. The van der Waals surface area contributed by atoms with Crippen molar-refractivity contribution in [1.82, 2.24) is 5.32 Å². The molecule has 0 saturated carbocycles. The smallest absolute Gasteiger partial charge is 0.316 e. The van der Waals surface area contributed by atoms with Crippen LogP contribution >= 0.6 is 0 Å². The molecule has 1 aliphatic carbocycles. The first kappa shape index (κ1) is 14.6. The summed E-state index contributed by atoms with van der Waals surface area (Å²) in [4.78, 5) is 10.8. The molecular formula is C16H23N3O. The zero-order chi connectivity index (χ0) is 14.4. The lowest BCUT2D eigenvalue weighted by Crippen LogP contribution is -2.26. The highest BCUT2D eigenvalue weighted by Gasteiger charge is 2.12. The maximum Gasteiger partial charge on any atom is 0.316 e. The Hall–Kier alpha value is -1.81. The molecule has 1 aromatic rings. The number of anilines is 1. The average Bonchev–Trinajstić information content (AvgIpc) is 2.46. The fourth-order valence-electron chi connectivity index (χ4n) is 2.50. The van der Waals surface area contributed by atoms with Gasteiger partial charge in [-0.25, -0.2) is 4.79 Å². The first-order valence-electron chi connectivity index (χ1n) is 7.20. The van der Waals surface area contributed by atoms with Crippen molar-refractivity contribution in [3.05, 3.63) is 42.0 Å². The molecule has 0 bridgehead atoms. The van der Waals surface area contributed by atoms with Gasteiger partial charge < -0.3 is 16.4 Å². The van der Waals surface area contributed by atoms with Crippen LogP contribution in [0.1, 0.15) is 37.8 Å². The number of benzene rings is 1. The van der Waals surface area contributed by atoms with E-state index in [9.17, 15) is 4.79 Å². The highest BCUT2D eigenvalue weighted by molar-refractivity contribution is 5.87. The third-order valence-electron chi connectivity index (χ3n) is 3.77. The molecule has 0 fully saturated rings. The first-order chi connectivity index (χ1) is 9.65. The van der Waals surface area contributed by atoms with E-state index < -0.39 is 6.03 Å². The Morgan fingerprint density at radius 1 is 1.35 bits per heavy atom. The molecule has 2 amide bonds. The minimum absolute atomic E-state index is 0.309. The maximum atomic E-state index is 10.8. The fourth-order valence-corrected chi connectivity index (χ4v) is 2.50. The van der Waals surface area contributed by atoms with Gasteiger partial charge in [0.25, 0.3) is 0 Å². The Bertz CT molecular complexity index is 467. The Labute approximate surface area is 120 Å². The predicted octanol–water partition coefficient (Wildman–Crippen LogP) is 3.18. The van der Waals surface area contributed by atoms with Crippen LogP contribution in [0.2, 0.25) is 0 Å². The molecule has 0 heterocycles. The topological polar surface area (TPSA) is 67.2 Å². The number of hydrogen-bond acceptors (Lipinski definition) is 2. The molecular weight excluding hydrogens is 250 g/mol. The minimum Gasteiger partial charge on any atom is -0.351 e. The SMILES string of the molecule is CC(NCC1CC=CCC1)c1ccc(NC(N)=O)cc1. The second-order valence-electron chi connectivity index (χ2n) is 5.39. The second kappa shape index (κ2) is 7.10. The molecule has 0 radical (unpaired) electrons. The van der Waals surface area contributed by atoms with E-state index in [1.165, 1.54) is 24.8 Å². The molecule has 0 saturated heterocycles. The summed E-state index contributed by atoms with van der Waals surface area (Å²) in [6.07, 6.45) is 8.21. The number of urea groups is 1. The average molecular weight is 273 g/mol. The van der Waals surface area contributed by atoms with Gasteiger partial charge in [0.2, 0.25) is 0 Å². The number of nitrogens with two attached hydrogens (primary N) is 1. The number of hydrogen-bond donors (Lipinski definition) is 3. The fraction of sp³-hybridized carbons (Fsp3) is 0.438. The van der Waals surface area contributed by atoms with Crippen LogP contribution in [-0.4, -0.2) is 12.6 Å². The lowest BCUT2D eigenvalue weighted by molar-refractivity contribution is 0.259. The number of carbonyl (C=O) groups is 1. The molecule has 108 valence electrons. The van der Waals surface area contributed by atoms with Crippen molar-refractivity contribution in [2.45, 2.75) is 32.2 Å². The Balaban J connectivity index is 1.83. The van der Waals surface area contributed by atoms with Crippen LogP contribution in [0.5, 0.6) is 0 Å². The highest BCUT2D eigenvalue weighted by atomic mass is 16.2. The molecule has 4 N–H and O–H groups in total. The van der Waals surface area contributed by atoms with E-state index in [0.717, 1.165) is 18.2 Å². The van der Waals surface area contributed by atoms with Gasteiger partial charge in [-0.15, -0.1) is 0 Å². The number of nitrogens with one attached hydrogen (secondary N) is 2. The summed E-state index contributed by atoms with van der Waals surface area (Å²) in [5.41, 5.74) is 7.03. The van der Waals surface area contributed by atoms with Crippen LogP contribution in [-0.2, 0) is 0 Å². The van der Waals surface area contributed by atoms with E-state index >= 15 is 0 Å². The van der Waals surface area contributed by atoms with Crippen molar-refractivity contribution in [3.8, 4) is 0 Å². The van der Waals surface area contributed by atoms with Crippen molar-refractivity contribution in [2.24, 2.45) is 11.7 Å². The van der Waals surface area contributed by atoms with Gasteiger partial charge in [0.15, 0.2) is 0 Å². The normalized spacial score (nSPS) is 19.6. The van der Waals surface area contributed by atoms with Crippen LogP contribution in [0.25, 0.3) is 0 Å². The number of allylic oxidation sites excluding steroid dienone is 2. The Morgan fingerprint density at radius 2 is 2.10 bits per heavy atom. The van der Waals surface area contributed by atoms with Gasteiger partial charge in [-0.1, -0.05) is 24.3 Å². The van der Waals surface area contributed by atoms with Gasteiger partial charge in [0.05, 0.1) is 0 Å². The molecule has 4 nitrogen and oxygen atoms in total. The zero-order valence-corrected chi connectivity index (χ0v) is 11.9. The molecule has 2 unspecified atom stereocenters. The highest BCUT2D eigenvalue weighted by Crippen LogP contribution is 2.20. The summed E-state index contributed by atoms with van der Waals surface area (Å²) in [6.45, 7) is 3.21. The number of rotatable bonds is 5. The van der Waals surface area contributed by atoms with Gasteiger partial charge in [-0.05, 0) is 56.3 Å². The van der Waals surface area contributed by atoms with E-state index in [0.29, 0.717) is 6.04 Å². The lowest BCUT2D eigenvalue weighted by Gasteiger charge is -2.21. The number of amides is 2. The molecule has 1 aromatic carbocycles. The lowest BCUT2D eigenvalue weighted by atomic mass is 9.94. The number of carbonyl (C=O) groups excluding carboxylic acids is 1. The standard InChI is InChI=1S/C16H23N3O/c1-12(18-11-13-5-3-2-4-6-13)14-7-9-15(10-8-14)19-16(17)20/h2-3,7-10,12-13,18H,4-6,11H2,1H3,(H3,17,19,20). The summed E-state index contributed by atoms with van der Waals surface area (Å²) in [5, 5.41) is 6.15. The molecule has 20 heavy (non-hydrogen) atoms. The zero-order valence-electron chi connectivity index (χ0n) is 11.9. The maximum absolute atomic E-state index is 10.8. The summed E-state index contributed by atoms with van der Waals surface area (Å²) in [7, 11) is 0.